The third-order valence-electron chi connectivity index (χ3n) is 2.50. The van der Waals surface area contributed by atoms with Crippen LogP contribution in [0.3, 0.4) is 0 Å². The van der Waals surface area contributed by atoms with E-state index in [0.717, 1.165) is 5.56 Å². The van der Waals surface area contributed by atoms with Crippen molar-refractivity contribution < 1.29 is 0 Å². The Morgan fingerprint density at radius 2 is 2.06 bits per heavy atom. The molecule has 0 saturated heterocycles. The van der Waals surface area contributed by atoms with E-state index in [1.54, 1.807) is 0 Å². The molecule has 84 valence electrons. The quantitative estimate of drug-likeness (QED) is 0.641. The molecular weight excluding hydrogens is 234 g/mol. The highest BCUT2D eigenvalue weighted by Gasteiger charge is 2.04. The van der Waals surface area contributed by atoms with Crippen molar-refractivity contribution in [1.29, 1.82) is 0 Å². The number of benzene rings is 1. The molecule has 0 atom stereocenters. The van der Waals surface area contributed by atoms with Gasteiger partial charge in [-0.2, -0.15) is 9.61 Å². The monoisotopic (exact) mass is 243 g/mol. The van der Waals surface area contributed by atoms with Crippen molar-refractivity contribution in [3.05, 3.63) is 56.6 Å². The molecule has 5 heteroatoms. The average molecular weight is 243 g/mol. The molecule has 3 rings (SSSR count). The number of hydrogen-bond donors (Lipinski definition) is 0. The zero-order valence-corrected chi connectivity index (χ0v) is 9.94. The number of nitrogens with zero attached hydrogens (tertiary/aromatic N) is 3. The molecule has 17 heavy (non-hydrogen) atoms. The van der Waals surface area contributed by atoms with Gasteiger partial charge in [0, 0.05) is 0 Å². The molecule has 0 N–H and O–H groups in total. The van der Waals surface area contributed by atoms with Crippen molar-refractivity contribution in [3.8, 4) is 0 Å². The normalized spacial score (nSPS) is 12.4. The van der Waals surface area contributed by atoms with E-state index in [0.29, 0.717) is 9.49 Å². The number of hydrogen-bond acceptors (Lipinski definition) is 4. The molecule has 4 nitrogen and oxygen atoms in total. The van der Waals surface area contributed by atoms with Crippen LogP contribution < -0.4 is 10.1 Å². The lowest BCUT2D eigenvalue weighted by Gasteiger charge is -1.92. The van der Waals surface area contributed by atoms with E-state index in [1.165, 1.54) is 27.7 Å². The van der Waals surface area contributed by atoms with Crippen LogP contribution in [0.4, 0.5) is 0 Å². The molecule has 0 bridgehead atoms. The van der Waals surface area contributed by atoms with E-state index < -0.39 is 0 Å². The summed E-state index contributed by atoms with van der Waals surface area (Å²) >= 11 is 1.35. The van der Waals surface area contributed by atoms with Gasteiger partial charge in [0.2, 0.25) is 4.96 Å². The van der Waals surface area contributed by atoms with Gasteiger partial charge in [-0.15, -0.1) is 0 Å². The van der Waals surface area contributed by atoms with E-state index >= 15 is 0 Å². The molecule has 2 heterocycles. The second-order valence-electron chi connectivity index (χ2n) is 3.78. The first kappa shape index (κ1) is 10.2. The molecule has 0 fully saturated rings. The standard InChI is InChI=1S/C12H9N3OS/c1-8-2-4-9(5-3-8)6-10-11(16)15-12(17-10)13-7-14-15/h2-7H,1H3/b10-6-. The smallest absolute Gasteiger partial charge is 0.266 e. The number of rotatable bonds is 1. The lowest BCUT2D eigenvalue weighted by atomic mass is 10.1. The fraction of sp³-hybridized carbons (Fsp3) is 0.0833. The van der Waals surface area contributed by atoms with Crippen LogP contribution in [0.15, 0.2) is 35.4 Å². The molecular formula is C12H9N3OS. The molecule has 0 aliphatic carbocycles. The molecule has 0 amide bonds. The Hall–Kier alpha value is -2.01. The molecule has 0 aliphatic heterocycles. The Morgan fingerprint density at radius 1 is 1.29 bits per heavy atom. The largest absolute Gasteiger partial charge is 0.291 e. The average Bonchev–Trinajstić information content (AvgIpc) is 2.87. The molecule has 0 unspecified atom stereocenters. The lowest BCUT2D eigenvalue weighted by molar-refractivity contribution is 0.932. The first-order valence-corrected chi connectivity index (χ1v) is 5.96. The van der Waals surface area contributed by atoms with Gasteiger partial charge in [-0.1, -0.05) is 41.2 Å². The molecule has 0 saturated carbocycles. The number of aryl methyl sites for hydroxylation is 1. The van der Waals surface area contributed by atoms with E-state index in [2.05, 4.69) is 10.1 Å². The van der Waals surface area contributed by atoms with Crippen LogP contribution in [0.1, 0.15) is 11.1 Å². The third kappa shape index (κ3) is 1.74. The van der Waals surface area contributed by atoms with Crippen molar-refractivity contribution >= 4 is 22.4 Å². The molecule has 1 aromatic carbocycles. The van der Waals surface area contributed by atoms with Crippen molar-refractivity contribution in [2.45, 2.75) is 6.92 Å². The minimum absolute atomic E-state index is 0.108. The van der Waals surface area contributed by atoms with Crippen LogP contribution in [0.5, 0.6) is 0 Å². The Bertz CT molecular complexity index is 770. The fourth-order valence-electron chi connectivity index (χ4n) is 1.59. The van der Waals surface area contributed by atoms with Gasteiger partial charge in [-0.25, -0.2) is 4.98 Å². The van der Waals surface area contributed by atoms with Crippen LogP contribution >= 0.6 is 11.3 Å². The first-order valence-electron chi connectivity index (χ1n) is 5.15. The van der Waals surface area contributed by atoms with Crippen LogP contribution in [-0.2, 0) is 0 Å². The SMILES string of the molecule is Cc1ccc(/C=c2\sc3ncnn3c2=O)cc1. The van der Waals surface area contributed by atoms with Gasteiger partial charge in [-0.05, 0) is 18.6 Å². The maximum atomic E-state index is 11.9. The van der Waals surface area contributed by atoms with Gasteiger partial charge in [0.25, 0.3) is 5.56 Å². The fourth-order valence-corrected chi connectivity index (χ4v) is 2.47. The van der Waals surface area contributed by atoms with Crippen molar-refractivity contribution in [2.75, 3.05) is 0 Å². The summed E-state index contributed by atoms with van der Waals surface area (Å²) in [5.74, 6) is 0. The Kier molecular flexibility index (Phi) is 2.26. The summed E-state index contributed by atoms with van der Waals surface area (Å²) in [6.45, 7) is 2.03. The topological polar surface area (TPSA) is 47.3 Å². The maximum absolute atomic E-state index is 11.9. The molecule has 3 aromatic rings. The minimum Gasteiger partial charge on any atom is -0.266 e. The van der Waals surface area contributed by atoms with E-state index in [9.17, 15) is 4.79 Å². The van der Waals surface area contributed by atoms with Crippen molar-refractivity contribution in [1.82, 2.24) is 14.6 Å². The van der Waals surface area contributed by atoms with Crippen molar-refractivity contribution in [3.63, 3.8) is 0 Å². The highest BCUT2D eigenvalue weighted by Crippen LogP contribution is 2.04. The Labute approximate surface area is 101 Å². The van der Waals surface area contributed by atoms with Gasteiger partial charge in [0.15, 0.2) is 0 Å². The molecule has 0 radical (unpaired) electrons. The molecule has 0 spiro atoms. The second kappa shape index (κ2) is 3.78. The van der Waals surface area contributed by atoms with Crippen molar-refractivity contribution in [2.24, 2.45) is 0 Å². The summed E-state index contributed by atoms with van der Waals surface area (Å²) in [5, 5.41) is 3.88. The zero-order chi connectivity index (χ0) is 11.8. The van der Waals surface area contributed by atoms with Gasteiger partial charge >= 0.3 is 0 Å². The Balaban J connectivity index is 2.20. The maximum Gasteiger partial charge on any atom is 0.291 e. The van der Waals surface area contributed by atoms with E-state index in [1.807, 2.05) is 37.3 Å². The predicted molar refractivity (Wildman–Crippen MR) is 67.1 cm³/mol. The van der Waals surface area contributed by atoms with Gasteiger partial charge in [-0.3, -0.25) is 4.79 Å². The second-order valence-corrected chi connectivity index (χ2v) is 4.79. The number of fused-ring (bicyclic) bond motifs is 1. The number of thiazole rings is 1. The Morgan fingerprint density at radius 3 is 2.76 bits per heavy atom. The van der Waals surface area contributed by atoms with Gasteiger partial charge in [0.1, 0.15) is 6.33 Å². The van der Waals surface area contributed by atoms with Gasteiger partial charge < -0.3 is 0 Å². The summed E-state index contributed by atoms with van der Waals surface area (Å²) in [4.78, 5) is 16.5. The zero-order valence-electron chi connectivity index (χ0n) is 9.12. The summed E-state index contributed by atoms with van der Waals surface area (Å²) in [6.07, 6.45) is 3.26. The van der Waals surface area contributed by atoms with E-state index in [-0.39, 0.29) is 5.56 Å². The van der Waals surface area contributed by atoms with Crippen LogP contribution in [0.2, 0.25) is 0 Å². The number of aromatic nitrogens is 3. The highest BCUT2D eigenvalue weighted by molar-refractivity contribution is 7.15. The summed E-state index contributed by atoms with van der Waals surface area (Å²) < 4.78 is 1.98. The van der Waals surface area contributed by atoms with Gasteiger partial charge in [0.05, 0.1) is 4.53 Å². The third-order valence-corrected chi connectivity index (χ3v) is 3.47. The van der Waals surface area contributed by atoms with Crippen LogP contribution in [0, 0.1) is 6.92 Å². The first-order chi connectivity index (χ1) is 8.24. The predicted octanol–water partition coefficient (Wildman–Crippen LogP) is 1.01. The summed E-state index contributed by atoms with van der Waals surface area (Å²) in [6, 6.07) is 8.02. The van der Waals surface area contributed by atoms with Crippen LogP contribution in [-0.4, -0.2) is 14.6 Å². The summed E-state index contributed by atoms with van der Waals surface area (Å²) in [7, 11) is 0. The van der Waals surface area contributed by atoms with Crippen LogP contribution in [0.25, 0.3) is 11.0 Å². The lowest BCUT2D eigenvalue weighted by Crippen LogP contribution is -2.23. The highest BCUT2D eigenvalue weighted by atomic mass is 32.1. The molecule has 2 aromatic heterocycles. The molecule has 0 aliphatic rings. The van der Waals surface area contributed by atoms with E-state index in [4.69, 9.17) is 0 Å². The minimum atomic E-state index is -0.108. The summed E-state index contributed by atoms with van der Waals surface area (Å²) in [5.41, 5.74) is 2.10.